The van der Waals surface area contributed by atoms with Crippen LogP contribution in [0.2, 0.25) is 0 Å². The van der Waals surface area contributed by atoms with Gasteiger partial charge in [-0.25, -0.2) is 0 Å². The molecule has 0 amide bonds. The minimum absolute atomic E-state index is 0.276. The maximum Gasteiger partial charge on any atom is 0.124 e. The smallest absolute Gasteiger partial charge is 0.124 e. The van der Waals surface area contributed by atoms with Gasteiger partial charge < -0.3 is 14.4 Å². The molecule has 0 radical (unpaired) electrons. The molecule has 3 atom stereocenters. The average molecular weight is 277 g/mol. The number of methoxy groups -OCH3 is 1. The predicted octanol–water partition coefficient (Wildman–Crippen LogP) is 3.47. The molecule has 1 aromatic rings. The summed E-state index contributed by atoms with van der Waals surface area (Å²) >= 11 is 0. The van der Waals surface area contributed by atoms with Crippen molar-refractivity contribution in [3.8, 4) is 5.75 Å². The molecule has 0 aromatic heterocycles. The van der Waals surface area contributed by atoms with Gasteiger partial charge in [0.2, 0.25) is 0 Å². The van der Waals surface area contributed by atoms with Crippen LogP contribution in [-0.4, -0.2) is 37.2 Å². The van der Waals surface area contributed by atoms with Crippen molar-refractivity contribution in [2.24, 2.45) is 0 Å². The lowest BCUT2D eigenvalue weighted by Crippen LogP contribution is -2.33. The molecule has 0 aliphatic carbocycles. The van der Waals surface area contributed by atoms with Crippen molar-refractivity contribution in [2.75, 3.05) is 14.2 Å². The van der Waals surface area contributed by atoms with E-state index in [9.17, 15) is 0 Å². The number of hydrogen-bond acceptors (Lipinski definition) is 3. The van der Waals surface area contributed by atoms with Gasteiger partial charge in [0.1, 0.15) is 5.75 Å². The average Bonchev–Trinajstić information content (AvgIpc) is 2.77. The van der Waals surface area contributed by atoms with E-state index in [2.05, 4.69) is 31.9 Å². The second-order valence-electron chi connectivity index (χ2n) is 5.91. The van der Waals surface area contributed by atoms with Gasteiger partial charge in [0, 0.05) is 17.6 Å². The van der Waals surface area contributed by atoms with Crippen molar-refractivity contribution in [3.63, 3.8) is 0 Å². The van der Waals surface area contributed by atoms with Crippen LogP contribution in [0.5, 0.6) is 5.75 Å². The number of nitrogens with zero attached hydrogens (tertiary/aromatic N) is 1. The molecule has 3 nitrogen and oxygen atoms in total. The maximum absolute atomic E-state index is 6.01. The summed E-state index contributed by atoms with van der Waals surface area (Å²) in [5.41, 5.74) is 1.12. The fourth-order valence-electron chi connectivity index (χ4n) is 2.99. The van der Waals surface area contributed by atoms with E-state index in [1.54, 1.807) is 7.11 Å². The largest absolute Gasteiger partial charge is 0.496 e. The van der Waals surface area contributed by atoms with Crippen molar-refractivity contribution in [1.82, 2.24) is 4.90 Å². The maximum atomic E-state index is 6.01. The molecule has 112 valence electrons. The lowest BCUT2D eigenvalue weighted by atomic mass is 10.1. The summed E-state index contributed by atoms with van der Waals surface area (Å²) in [4.78, 5) is 2.49. The molecule has 3 heteroatoms. The third-order valence-electron chi connectivity index (χ3n) is 4.51. The Morgan fingerprint density at radius 1 is 1.30 bits per heavy atom. The molecule has 2 rings (SSSR count). The molecule has 1 saturated heterocycles. The first kappa shape index (κ1) is 15.3. The molecule has 1 aliphatic heterocycles. The number of para-hydroxylation sites is 1. The van der Waals surface area contributed by atoms with Crippen LogP contribution < -0.4 is 4.74 Å². The Hall–Kier alpha value is -1.06. The summed E-state index contributed by atoms with van der Waals surface area (Å²) in [5, 5.41) is 0. The summed E-state index contributed by atoms with van der Waals surface area (Å²) in [6, 6.07) is 9.43. The fraction of sp³-hybridized carbons (Fsp3) is 0.647. The number of rotatable bonds is 6. The molecule has 0 spiro atoms. The number of hydrogen-bond donors (Lipinski definition) is 0. The van der Waals surface area contributed by atoms with Crippen LogP contribution in [0, 0.1) is 0 Å². The first-order valence-electron chi connectivity index (χ1n) is 7.57. The van der Waals surface area contributed by atoms with E-state index in [4.69, 9.17) is 9.47 Å². The summed E-state index contributed by atoms with van der Waals surface area (Å²) in [6.45, 7) is 5.10. The Morgan fingerprint density at radius 2 is 2.05 bits per heavy atom. The summed E-state index contributed by atoms with van der Waals surface area (Å²) in [6.07, 6.45) is 3.98. The van der Waals surface area contributed by atoms with Gasteiger partial charge in [-0.1, -0.05) is 18.2 Å². The Labute approximate surface area is 122 Å². The highest BCUT2D eigenvalue weighted by atomic mass is 16.5. The minimum atomic E-state index is 0.276. The highest BCUT2D eigenvalue weighted by Gasteiger charge is 2.28. The van der Waals surface area contributed by atoms with Crippen molar-refractivity contribution in [1.29, 1.82) is 0 Å². The highest BCUT2D eigenvalue weighted by molar-refractivity contribution is 5.32. The number of ether oxygens (including phenoxy) is 2. The van der Waals surface area contributed by atoms with Gasteiger partial charge in [0.15, 0.2) is 0 Å². The van der Waals surface area contributed by atoms with E-state index < -0.39 is 0 Å². The molecule has 1 fully saturated rings. The lowest BCUT2D eigenvalue weighted by Gasteiger charge is -2.26. The molecule has 20 heavy (non-hydrogen) atoms. The van der Waals surface area contributed by atoms with Gasteiger partial charge in [-0.2, -0.15) is 0 Å². The van der Waals surface area contributed by atoms with Crippen LogP contribution in [0.4, 0.5) is 0 Å². The van der Waals surface area contributed by atoms with Gasteiger partial charge in [0.05, 0.1) is 19.8 Å². The van der Waals surface area contributed by atoms with Crippen molar-refractivity contribution < 1.29 is 9.47 Å². The molecule has 0 bridgehead atoms. The first-order chi connectivity index (χ1) is 9.61. The summed E-state index contributed by atoms with van der Waals surface area (Å²) in [7, 11) is 3.94. The first-order valence-corrected chi connectivity index (χ1v) is 7.57. The van der Waals surface area contributed by atoms with E-state index in [0.29, 0.717) is 18.7 Å². The second-order valence-corrected chi connectivity index (χ2v) is 5.91. The monoisotopic (exact) mass is 277 g/mol. The van der Waals surface area contributed by atoms with Crippen LogP contribution in [-0.2, 0) is 11.3 Å². The molecule has 1 heterocycles. The molecule has 1 aromatic carbocycles. The van der Waals surface area contributed by atoms with Gasteiger partial charge in [0.25, 0.3) is 0 Å². The zero-order valence-electron chi connectivity index (χ0n) is 13.1. The normalized spacial score (nSPS) is 24.8. The Kier molecular flexibility index (Phi) is 5.44. The molecular weight excluding hydrogens is 250 g/mol. The molecule has 0 saturated carbocycles. The quantitative estimate of drug-likeness (QED) is 0.794. The molecule has 1 aliphatic rings. The van der Waals surface area contributed by atoms with Crippen LogP contribution >= 0.6 is 0 Å². The van der Waals surface area contributed by atoms with Crippen LogP contribution in [0.15, 0.2) is 24.3 Å². The van der Waals surface area contributed by atoms with E-state index in [1.807, 2.05) is 18.2 Å². The van der Waals surface area contributed by atoms with Crippen LogP contribution in [0.3, 0.4) is 0 Å². The topological polar surface area (TPSA) is 21.7 Å². The van der Waals surface area contributed by atoms with Gasteiger partial charge in [-0.3, -0.25) is 0 Å². The summed E-state index contributed by atoms with van der Waals surface area (Å²) < 4.78 is 11.4. The SMILES string of the molecule is COc1ccccc1COC(C)CC1CCC(C)N1C. The zero-order chi connectivity index (χ0) is 14.5. The summed E-state index contributed by atoms with van der Waals surface area (Å²) in [5.74, 6) is 0.909. The predicted molar refractivity (Wildman–Crippen MR) is 82.1 cm³/mol. The van der Waals surface area contributed by atoms with Gasteiger partial charge in [-0.15, -0.1) is 0 Å². The second kappa shape index (κ2) is 7.09. The van der Waals surface area contributed by atoms with Crippen molar-refractivity contribution >= 4 is 0 Å². The van der Waals surface area contributed by atoms with E-state index in [-0.39, 0.29) is 6.10 Å². The molecule has 0 N–H and O–H groups in total. The number of benzene rings is 1. The Balaban J connectivity index is 1.82. The van der Waals surface area contributed by atoms with Crippen molar-refractivity contribution in [2.45, 2.75) is 57.9 Å². The number of likely N-dealkylation sites (tertiary alicyclic amines) is 1. The fourth-order valence-corrected chi connectivity index (χ4v) is 2.99. The zero-order valence-corrected chi connectivity index (χ0v) is 13.1. The third-order valence-corrected chi connectivity index (χ3v) is 4.51. The minimum Gasteiger partial charge on any atom is -0.496 e. The van der Waals surface area contributed by atoms with Crippen LogP contribution in [0.25, 0.3) is 0 Å². The van der Waals surface area contributed by atoms with Crippen molar-refractivity contribution in [3.05, 3.63) is 29.8 Å². The highest BCUT2D eigenvalue weighted by Crippen LogP contribution is 2.26. The van der Waals surface area contributed by atoms with Gasteiger partial charge >= 0.3 is 0 Å². The molecule has 3 unspecified atom stereocenters. The van der Waals surface area contributed by atoms with E-state index in [1.165, 1.54) is 12.8 Å². The van der Waals surface area contributed by atoms with Crippen LogP contribution in [0.1, 0.15) is 38.7 Å². The standard InChI is InChI=1S/C17H27NO2/c1-13-9-10-16(18(13)3)11-14(2)20-12-15-7-5-6-8-17(15)19-4/h5-8,13-14,16H,9-12H2,1-4H3. The lowest BCUT2D eigenvalue weighted by molar-refractivity contribution is 0.0305. The van der Waals surface area contributed by atoms with E-state index in [0.717, 1.165) is 17.7 Å². The Bertz CT molecular complexity index is 421. The Morgan fingerprint density at radius 3 is 2.70 bits per heavy atom. The van der Waals surface area contributed by atoms with E-state index >= 15 is 0 Å². The third kappa shape index (κ3) is 3.74. The molecular formula is C17H27NO2. The van der Waals surface area contributed by atoms with Gasteiger partial charge in [-0.05, 0) is 46.2 Å².